The molecule has 3 rings (SSSR count). The Labute approximate surface area is 212 Å². The first kappa shape index (κ1) is 25.8. The average Bonchev–Trinajstić information content (AvgIpc) is 3.18. The molecule has 1 amide bonds. The van der Waals surface area contributed by atoms with E-state index in [1.54, 1.807) is 48.5 Å². The molecule has 3 aromatic rings. The van der Waals surface area contributed by atoms with Gasteiger partial charge in [0.05, 0.1) is 17.4 Å². The zero-order valence-electron chi connectivity index (χ0n) is 18.6. The molecule has 0 saturated carbocycles. The summed E-state index contributed by atoms with van der Waals surface area (Å²) in [5, 5.41) is 13.0. The first-order valence-corrected chi connectivity index (χ1v) is 12.3. The minimum atomic E-state index is -0.200. The summed E-state index contributed by atoms with van der Waals surface area (Å²) >= 11 is 13.3. The molecule has 0 aliphatic rings. The van der Waals surface area contributed by atoms with E-state index in [1.807, 2.05) is 4.57 Å². The van der Waals surface area contributed by atoms with Gasteiger partial charge in [0.25, 0.3) is 0 Å². The van der Waals surface area contributed by atoms with E-state index in [2.05, 4.69) is 22.1 Å². The van der Waals surface area contributed by atoms with Crippen molar-refractivity contribution in [2.45, 2.75) is 31.5 Å². The molecule has 0 aliphatic heterocycles. The van der Waals surface area contributed by atoms with Crippen molar-refractivity contribution in [1.29, 1.82) is 0 Å². The lowest BCUT2D eigenvalue weighted by Gasteiger charge is -2.10. The van der Waals surface area contributed by atoms with Gasteiger partial charge in [0.15, 0.2) is 10.9 Å². The minimum absolute atomic E-state index is 0.0582. The van der Waals surface area contributed by atoms with Gasteiger partial charge >= 0.3 is 0 Å². The van der Waals surface area contributed by atoms with E-state index >= 15 is 0 Å². The van der Waals surface area contributed by atoms with Crippen molar-refractivity contribution in [3.05, 3.63) is 76.6 Å². The van der Waals surface area contributed by atoms with Gasteiger partial charge in [-0.1, -0.05) is 53.2 Å². The fourth-order valence-electron chi connectivity index (χ4n) is 3.07. The summed E-state index contributed by atoms with van der Waals surface area (Å²) in [6.07, 6.45) is 3.09. The third-order valence-corrected chi connectivity index (χ3v) is 6.18. The number of nitrogens with one attached hydrogen (secondary N) is 1. The van der Waals surface area contributed by atoms with E-state index in [-0.39, 0.29) is 17.4 Å². The lowest BCUT2D eigenvalue weighted by molar-refractivity contribution is -0.113. The van der Waals surface area contributed by atoms with Crippen molar-refractivity contribution in [3.63, 3.8) is 0 Å². The second-order valence-corrected chi connectivity index (χ2v) is 9.08. The van der Waals surface area contributed by atoms with Gasteiger partial charge in [-0.15, -0.1) is 16.8 Å². The molecule has 0 unspecified atom stereocenters. The van der Waals surface area contributed by atoms with Crippen molar-refractivity contribution in [2.24, 2.45) is 0 Å². The maximum atomic E-state index is 12.4. The van der Waals surface area contributed by atoms with Crippen LogP contribution in [-0.2, 0) is 17.8 Å². The highest BCUT2D eigenvalue weighted by molar-refractivity contribution is 7.99. The summed E-state index contributed by atoms with van der Waals surface area (Å²) in [7, 11) is 0. The lowest BCUT2D eigenvalue weighted by Crippen LogP contribution is -2.15. The molecule has 0 bridgehead atoms. The maximum Gasteiger partial charge on any atom is 0.234 e. The number of amides is 1. The average molecular weight is 519 g/mol. The molecule has 34 heavy (non-hydrogen) atoms. The number of ketones is 1. The van der Waals surface area contributed by atoms with Gasteiger partial charge in [0.2, 0.25) is 5.91 Å². The van der Waals surface area contributed by atoms with Crippen LogP contribution in [0.15, 0.2) is 60.3 Å². The van der Waals surface area contributed by atoms with Gasteiger partial charge in [0.1, 0.15) is 11.6 Å². The van der Waals surface area contributed by atoms with E-state index in [4.69, 9.17) is 27.9 Å². The number of anilines is 1. The molecule has 0 atom stereocenters. The van der Waals surface area contributed by atoms with Gasteiger partial charge in [-0.25, -0.2) is 0 Å². The molecule has 1 aromatic heterocycles. The van der Waals surface area contributed by atoms with Gasteiger partial charge in [-0.3, -0.25) is 9.59 Å². The summed E-state index contributed by atoms with van der Waals surface area (Å²) < 4.78 is 7.66. The SMILES string of the molecule is C=CCn1c(CCCOc2ccc(Cl)cc2Cl)nnc1SCC(=O)Nc1cccc(C(C)=O)c1. The highest BCUT2D eigenvalue weighted by atomic mass is 35.5. The Morgan fingerprint density at radius 2 is 2.03 bits per heavy atom. The molecule has 7 nitrogen and oxygen atoms in total. The van der Waals surface area contributed by atoms with Crippen molar-refractivity contribution in [2.75, 3.05) is 17.7 Å². The fraction of sp³-hybridized carbons (Fsp3) is 0.250. The summed E-state index contributed by atoms with van der Waals surface area (Å²) in [5.41, 5.74) is 1.12. The molecule has 10 heteroatoms. The number of nitrogens with zero attached hydrogens (tertiary/aromatic N) is 3. The molecule has 0 spiro atoms. The Morgan fingerprint density at radius 3 is 2.76 bits per heavy atom. The van der Waals surface area contributed by atoms with Crippen LogP contribution in [0.1, 0.15) is 29.5 Å². The molecule has 2 aromatic carbocycles. The largest absolute Gasteiger partial charge is 0.492 e. The Kier molecular flexibility index (Phi) is 9.56. The monoisotopic (exact) mass is 518 g/mol. The molecule has 1 N–H and O–H groups in total. The third kappa shape index (κ3) is 7.35. The van der Waals surface area contributed by atoms with Crippen LogP contribution in [0.25, 0.3) is 0 Å². The maximum absolute atomic E-state index is 12.4. The number of ether oxygens (including phenoxy) is 1. The van der Waals surface area contributed by atoms with E-state index in [9.17, 15) is 9.59 Å². The van der Waals surface area contributed by atoms with Gasteiger partial charge in [-0.05, 0) is 43.7 Å². The predicted molar refractivity (Wildman–Crippen MR) is 136 cm³/mol. The molecule has 0 aliphatic carbocycles. The van der Waals surface area contributed by atoms with Crippen LogP contribution in [-0.4, -0.2) is 38.8 Å². The second-order valence-electron chi connectivity index (χ2n) is 7.30. The van der Waals surface area contributed by atoms with Gasteiger partial charge < -0.3 is 14.6 Å². The van der Waals surface area contributed by atoms with Crippen molar-refractivity contribution in [1.82, 2.24) is 14.8 Å². The number of thioether (sulfide) groups is 1. The van der Waals surface area contributed by atoms with Crippen LogP contribution < -0.4 is 10.1 Å². The Balaban J connectivity index is 1.53. The van der Waals surface area contributed by atoms with E-state index < -0.39 is 0 Å². The highest BCUT2D eigenvalue weighted by Crippen LogP contribution is 2.27. The summed E-state index contributed by atoms with van der Waals surface area (Å²) in [6.45, 7) is 6.26. The molecule has 178 valence electrons. The molecule has 0 fully saturated rings. The van der Waals surface area contributed by atoms with E-state index in [0.29, 0.717) is 58.2 Å². The molecule has 1 heterocycles. The molecule has 0 saturated heterocycles. The molecular weight excluding hydrogens is 495 g/mol. The summed E-state index contributed by atoms with van der Waals surface area (Å²) in [5.74, 6) is 1.25. The summed E-state index contributed by atoms with van der Waals surface area (Å²) in [4.78, 5) is 23.9. The quantitative estimate of drug-likeness (QED) is 0.143. The number of halogens is 2. The van der Waals surface area contributed by atoms with Crippen LogP contribution >= 0.6 is 35.0 Å². The number of hydrogen-bond donors (Lipinski definition) is 1. The van der Waals surface area contributed by atoms with Crippen molar-refractivity contribution >= 4 is 52.3 Å². The van der Waals surface area contributed by atoms with E-state index in [0.717, 1.165) is 5.82 Å². The Morgan fingerprint density at radius 1 is 1.21 bits per heavy atom. The lowest BCUT2D eigenvalue weighted by atomic mass is 10.1. The van der Waals surface area contributed by atoms with Crippen molar-refractivity contribution < 1.29 is 14.3 Å². The predicted octanol–water partition coefficient (Wildman–Crippen LogP) is 5.72. The Bertz CT molecular complexity index is 1180. The smallest absolute Gasteiger partial charge is 0.234 e. The standard InChI is InChI=1S/C24H24Cl2N4O3S/c1-3-11-30-22(8-5-12-33-21-10-9-18(25)14-20(21)26)28-29-24(30)34-15-23(32)27-19-7-4-6-17(13-19)16(2)31/h3-4,6-7,9-10,13-14H,1,5,8,11-12,15H2,2H3,(H,27,32). The number of aryl methyl sites for hydroxylation is 1. The third-order valence-electron chi connectivity index (χ3n) is 4.69. The number of allylic oxidation sites excluding steroid dienone is 1. The minimum Gasteiger partial charge on any atom is -0.492 e. The number of aromatic nitrogens is 3. The molecular formula is C24H24Cl2N4O3S. The zero-order valence-corrected chi connectivity index (χ0v) is 20.9. The number of carbonyl (C=O) groups is 2. The highest BCUT2D eigenvalue weighted by Gasteiger charge is 2.14. The van der Waals surface area contributed by atoms with E-state index in [1.165, 1.54) is 18.7 Å². The topological polar surface area (TPSA) is 86.1 Å². The zero-order chi connectivity index (χ0) is 24.5. The second kappa shape index (κ2) is 12.6. The van der Waals surface area contributed by atoms with Crippen LogP contribution in [0, 0.1) is 0 Å². The van der Waals surface area contributed by atoms with Crippen LogP contribution in [0.5, 0.6) is 5.75 Å². The van der Waals surface area contributed by atoms with Crippen LogP contribution in [0.3, 0.4) is 0 Å². The number of Topliss-reactive ketones (excluding diaryl/α,β-unsaturated/α-hetero) is 1. The first-order valence-electron chi connectivity index (χ1n) is 10.5. The van der Waals surface area contributed by atoms with Crippen LogP contribution in [0.4, 0.5) is 5.69 Å². The van der Waals surface area contributed by atoms with Gasteiger partial charge in [0, 0.05) is 29.2 Å². The van der Waals surface area contributed by atoms with Crippen molar-refractivity contribution in [3.8, 4) is 5.75 Å². The van der Waals surface area contributed by atoms with Gasteiger partial charge in [-0.2, -0.15) is 0 Å². The fourth-order valence-corrected chi connectivity index (χ4v) is 4.30. The Hall–Kier alpha value is -2.81. The number of rotatable bonds is 12. The summed E-state index contributed by atoms with van der Waals surface area (Å²) in [6, 6.07) is 11.9. The van der Waals surface area contributed by atoms with Crippen LogP contribution in [0.2, 0.25) is 10.0 Å². The first-order chi connectivity index (χ1) is 16.4. The number of carbonyl (C=O) groups excluding carboxylic acids is 2. The normalized spacial score (nSPS) is 10.7. The number of benzene rings is 2. The number of hydrogen-bond acceptors (Lipinski definition) is 6. The molecule has 0 radical (unpaired) electrons.